The largest absolute Gasteiger partial charge is 0.341 e. The molecule has 1 aliphatic rings. The first-order valence-electron chi connectivity index (χ1n) is 10.8. The number of rotatable bonds is 8. The summed E-state index contributed by atoms with van der Waals surface area (Å²) < 4.78 is 0. The van der Waals surface area contributed by atoms with E-state index >= 15 is 0 Å². The van der Waals surface area contributed by atoms with Crippen molar-refractivity contribution in [2.24, 2.45) is 0 Å². The van der Waals surface area contributed by atoms with Crippen LogP contribution in [0.3, 0.4) is 0 Å². The summed E-state index contributed by atoms with van der Waals surface area (Å²) in [6.45, 7) is 12.2. The molecule has 1 aromatic heterocycles. The number of aryl methyl sites for hydroxylation is 1. The van der Waals surface area contributed by atoms with Gasteiger partial charge in [0.25, 0.3) is 5.91 Å². The van der Waals surface area contributed by atoms with Gasteiger partial charge in [0.05, 0.1) is 0 Å². The van der Waals surface area contributed by atoms with E-state index in [-0.39, 0.29) is 5.91 Å². The maximum absolute atomic E-state index is 13.1. The number of hydrogen-bond donors (Lipinski definition) is 0. The molecule has 0 atom stereocenters. The van der Waals surface area contributed by atoms with E-state index in [2.05, 4.69) is 57.9 Å². The first kappa shape index (κ1) is 21.2. The zero-order valence-electron chi connectivity index (χ0n) is 18.0. The molecule has 3 rings (SSSR count). The molecule has 1 aliphatic heterocycles. The molecule has 2 aromatic rings. The molecule has 0 aliphatic carbocycles. The van der Waals surface area contributed by atoms with Gasteiger partial charge in [0.1, 0.15) is 5.69 Å². The lowest BCUT2D eigenvalue weighted by molar-refractivity contribution is 0.0622. The fraction of sp³-hybridized carbons (Fsp3) is 0.522. The van der Waals surface area contributed by atoms with Crippen LogP contribution in [0.25, 0.3) is 0 Å². The van der Waals surface area contributed by atoms with Crippen LogP contribution in [0.2, 0.25) is 0 Å². The van der Waals surface area contributed by atoms with Crippen molar-refractivity contribution in [2.45, 2.75) is 40.2 Å². The Morgan fingerprint density at radius 3 is 2.28 bits per heavy atom. The Morgan fingerprint density at radius 1 is 1.00 bits per heavy atom. The smallest absolute Gasteiger partial charge is 0.272 e. The topological polar surface area (TPSA) is 52.6 Å². The molecule has 0 spiro atoms. The number of anilines is 1. The van der Waals surface area contributed by atoms with Crippen molar-refractivity contribution in [3.8, 4) is 0 Å². The van der Waals surface area contributed by atoms with Crippen molar-refractivity contribution in [1.29, 1.82) is 0 Å². The summed E-state index contributed by atoms with van der Waals surface area (Å²) >= 11 is 0. The maximum atomic E-state index is 13.1. The summed E-state index contributed by atoms with van der Waals surface area (Å²) in [5, 5.41) is 0. The number of nitrogens with zero attached hydrogens (tertiary/aromatic N) is 5. The van der Waals surface area contributed by atoms with Crippen LogP contribution >= 0.6 is 0 Å². The molecule has 6 nitrogen and oxygen atoms in total. The molecule has 0 unspecified atom stereocenters. The third-order valence-electron chi connectivity index (χ3n) is 5.24. The van der Waals surface area contributed by atoms with Gasteiger partial charge < -0.3 is 9.80 Å². The van der Waals surface area contributed by atoms with Gasteiger partial charge >= 0.3 is 0 Å². The Labute approximate surface area is 174 Å². The second-order valence-electron chi connectivity index (χ2n) is 7.74. The summed E-state index contributed by atoms with van der Waals surface area (Å²) in [5.74, 6) is 0.698. The second-order valence-corrected chi connectivity index (χ2v) is 7.74. The van der Waals surface area contributed by atoms with Gasteiger partial charge in [0.2, 0.25) is 5.95 Å². The zero-order valence-corrected chi connectivity index (χ0v) is 18.0. The van der Waals surface area contributed by atoms with E-state index in [0.717, 1.165) is 64.3 Å². The van der Waals surface area contributed by atoms with Gasteiger partial charge in [-0.05, 0) is 31.4 Å². The van der Waals surface area contributed by atoms with Crippen LogP contribution in [0.5, 0.6) is 0 Å². The number of piperazine rings is 1. The van der Waals surface area contributed by atoms with Crippen LogP contribution < -0.4 is 4.90 Å². The number of benzene rings is 1. The number of hydrogen-bond acceptors (Lipinski definition) is 5. The molecule has 0 bridgehead atoms. The van der Waals surface area contributed by atoms with E-state index in [9.17, 15) is 4.79 Å². The molecular weight excluding hydrogens is 362 g/mol. The summed E-state index contributed by atoms with van der Waals surface area (Å²) in [5.41, 5.74) is 2.68. The van der Waals surface area contributed by atoms with Crippen LogP contribution in [-0.4, -0.2) is 64.9 Å². The van der Waals surface area contributed by atoms with Crippen LogP contribution in [0, 0.1) is 6.92 Å². The minimum absolute atomic E-state index is 0.0176. The fourth-order valence-corrected chi connectivity index (χ4v) is 3.77. The Morgan fingerprint density at radius 2 is 1.66 bits per heavy atom. The van der Waals surface area contributed by atoms with Crippen LogP contribution in [-0.2, 0) is 6.54 Å². The van der Waals surface area contributed by atoms with E-state index in [0.29, 0.717) is 11.6 Å². The molecule has 1 saturated heterocycles. The Balaban J connectivity index is 1.64. The molecule has 29 heavy (non-hydrogen) atoms. The van der Waals surface area contributed by atoms with Gasteiger partial charge in [0.15, 0.2) is 0 Å². The van der Waals surface area contributed by atoms with Crippen LogP contribution in [0.4, 0.5) is 5.95 Å². The van der Waals surface area contributed by atoms with Crippen LogP contribution in [0.15, 0.2) is 36.4 Å². The number of amides is 1. The summed E-state index contributed by atoms with van der Waals surface area (Å²) in [6, 6.07) is 12.3. The zero-order chi connectivity index (χ0) is 20.6. The summed E-state index contributed by atoms with van der Waals surface area (Å²) in [7, 11) is 0. The van der Waals surface area contributed by atoms with Crippen molar-refractivity contribution in [3.05, 3.63) is 53.3 Å². The van der Waals surface area contributed by atoms with Gasteiger partial charge in [-0.25, -0.2) is 9.97 Å². The molecule has 1 fully saturated rings. The highest BCUT2D eigenvalue weighted by Crippen LogP contribution is 2.15. The molecule has 0 saturated carbocycles. The highest BCUT2D eigenvalue weighted by Gasteiger charge is 2.24. The highest BCUT2D eigenvalue weighted by molar-refractivity contribution is 5.92. The van der Waals surface area contributed by atoms with Gasteiger partial charge in [-0.1, -0.05) is 44.2 Å². The lowest BCUT2D eigenvalue weighted by atomic mass is 10.2. The molecule has 0 radical (unpaired) electrons. The highest BCUT2D eigenvalue weighted by atomic mass is 16.2. The normalized spacial score (nSPS) is 14.8. The minimum atomic E-state index is 0.0176. The van der Waals surface area contributed by atoms with Crippen molar-refractivity contribution >= 4 is 11.9 Å². The SMILES string of the molecule is CCCN(CCC)c1nc(C)cc(C(=O)N2CCN(Cc3ccccc3)CC2)n1. The average Bonchev–Trinajstić information content (AvgIpc) is 2.74. The Bertz CT molecular complexity index is 781. The second kappa shape index (κ2) is 10.3. The van der Waals surface area contributed by atoms with Crippen molar-refractivity contribution < 1.29 is 4.79 Å². The Kier molecular flexibility index (Phi) is 7.58. The standard InChI is InChI=1S/C23H33N5O/c1-4-11-28(12-5-2)23-24-19(3)17-21(25-23)22(29)27-15-13-26(14-16-27)18-20-9-7-6-8-10-20/h6-10,17H,4-5,11-16,18H2,1-3H3. The summed E-state index contributed by atoms with van der Waals surface area (Å²) in [4.78, 5) is 28.9. The van der Waals surface area contributed by atoms with Crippen molar-refractivity contribution in [1.82, 2.24) is 19.8 Å². The molecule has 1 amide bonds. The van der Waals surface area contributed by atoms with E-state index in [4.69, 9.17) is 0 Å². The monoisotopic (exact) mass is 395 g/mol. The Hall–Kier alpha value is -2.47. The van der Waals surface area contributed by atoms with E-state index in [1.54, 1.807) is 0 Å². The van der Waals surface area contributed by atoms with Gasteiger partial charge in [0, 0.05) is 51.5 Å². The van der Waals surface area contributed by atoms with Crippen molar-refractivity contribution in [3.63, 3.8) is 0 Å². The third kappa shape index (κ3) is 5.76. The predicted octanol–water partition coefficient (Wildman–Crippen LogP) is 3.37. The first-order valence-corrected chi connectivity index (χ1v) is 10.8. The molecule has 2 heterocycles. The quantitative estimate of drug-likeness (QED) is 0.686. The summed E-state index contributed by atoms with van der Waals surface area (Å²) in [6.07, 6.45) is 2.06. The third-order valence-corrected chi connectivity index (χ3v) is 5.24. The van der Waals surface area contributed by atoms with Gasteiger partial charge in [-0.3, -0.25) is 9.69 Å². The lowest BCUT2D eigenvalue weighted by Crippen LogP contribution is -2.48. The fourth-order valence-electron chi connectivity index (χ4n) is 3.77. The molecule has 0 N–H and O–H groups in total. The molecule has 1 aromatic carbocycles. The van der Waals surface area contributed by atoms with E-state index in [1.165, 1.54) is 5.56 Å². The first-order chi connectivity index (χ1) is 14.1. The van der Waals surface area contributed by atoms with E-state index in [1.807, 2.05) is 24.0 Å². The average molecular weight is 396 g/mol. The maximum Gasteiger partial charge on any atom is 0.272 e. The molecule has 6 heteroatoms. The minimum Gasteiger partial charge on any atom is -0.341 e. The van der Waals surface area contributed by atoms with Gasteiger partial charge in [-0.2, -0.15) is 0 Å². The lowest BCUT2D eigenvalue weighted by Gasteiger charge is -2.34. The van der Waals surface area contributed by atoms with Crippen LogP contribution in [0.1, 0.15) is 48.4 Å². The number of aromatic nitrogens is 2. The number of carbonyl (C=O) groups excluding carboxylic acids is 1. The number of carbonyl (C=O) groups is 1. The van der Waals surface area contributed by atoms with E-state index < -0.39 is 0 Å². The van der Waals surface area contributed by atoms with Crippen molar-refractivity contribution in [2.75, 3.05) is 44.2 Å². The van der Waals surface area contributed by atoms with Gasteiger partial charge in [-0.15, -0.1) is 0 Å². The predicted molar refractivity (Wildman–Crippen MR) is 117 cm³/mol. The molecule has 156 valence electrons. The molecular formula is C23H33N5O.